The Labute approximate surface area is 318 Å². The zero-order valence-corrected chi connectivity index (χ0v) is 32.9. The van der Waals surface area contributed by atoms with Crippen molar-refractivity contribution in [3.05, 3.63) is 48.6 Å². The van der Waals surface area contributed by atoms with E-state index in [1.807, 2.05) is 36.5 Å². The minimum atomic E-state index is -4.60. The summed E-state index contributed by atoms with van der Waals surface area (Å²) in [5.74, 6) is -2.04. The van der Waals surface area contributed by atoms with Gasteiger partial charge in [-0.05, 0) is 32.1 Å². The maximum atomic E-state index is 12.7. The first-order valence-electron chi connectivity index (χ1n) is 19.7. The molecule has 0 aromatic heterocycles. The molecular weight excluding hydrogens is 704 g/mol. The summed E-state index contributed by atoms with van der Waals surface area (Å²) in [5, 5.41) is 30.7. The van der Waals surface area contributed by atoms with Gasteiger partial charge in [-0.1, -0.05) is 140 Å². The van der Waals surface area contributed by atoms with E-state index in [1.54, 1.807) is 0 Å². The Bertz CT molecular complexity index is 1180. The minimum absolute atomic E-state index is 0.118. The van der Waals surface area contributed by atoms with E-state index in [2.05, 4.69) is 26.0 Å². The summed E-state index contributed by atoms with van der Waals surface area (Å²) in [7, 11) is -4.60. The molecule has 0 bridgehead atoms. The van der Waals surface area contributed by atoms with Gasteiger partial charge in [-0.2, -0.15) is 8.42 Å². The average Bonchev–Trinajstić information content (AvgIpc) is 3.12. The Morgan fingerprint density at radius 3 is 1.77 bits per heavy atom. The standard InChI is InChI=1S/C40H68O12S/c1-3-5-7-9-11-13-15-17-19-21-23-25-27-29-36(42)51-33(31-50-40-39(45)38(44)37(43)34(52-40)32-53(46,47)48)30-49-35(41)28-26-24-22-20-18-16-14-12-10-8-6-4-2/h5,7,9,11,13,15,17,19,33-34,37-40,43-45H,3-4,6,8,10,12,14,16,18,20-32H2,1-2H3,(H,46,47,48)/b7-5+,11-9+,15-13+,19-17+/t33?,34-,37-,38?,39?,40+/m1/s1. The fourth-order valence-electron chi connectivity index (χ4n) is 5.69. The van der Waals surface area contributed by atoms with E-state index in [1.165, 1.54) is 51.4 Å². The van der Waals surface area contributed by atoms with Gasteiger partial charge in [-0.3, -0.25) is 14.1 Å². The third kappa shape index (κ3) is 26.1. The third-order valence-corrected chi connectivity index (χ3v) is 9.52. The highest BCUT2D eigenvalue weighted by Gasteiger charge is 2.46. The molecule has 4 N–H and O–H groups in total. The Morgan fingerprint density at radius 1 is 0.660 bits per heavy atom. The SMILES string of the molecule is CC/C=C/C=C/C=C/C=C/CCCCCC(=O)OC(COC(=O)CCCCCCCCCCCCCC)CO[C@H]1O[C@H](CS(=O)(=O)O)[C@@H](O)C(O)C1O. The fourth-order valence-corrected chi connectivity index (χ4v) is 6.38. The molecule has 3 unspecified atom stereocenters. The predicted octanol–water partition coefficient (Wildman–Crippen LogP) is 6.83. The normalized spacial score (nSPS) is 21.7. The maximum Gasteiger partial charge on any atom is 0.306 e. The summed E-state index contributed by atoms with van der Waals surface area (Å²) in [5.41, 5.74) is 0. The van der Waals surface area contributed by atoms with Gasteiger partial charge in [-0.25, -0.2) is 0 Å². The van der Waals surface area contributed by atoms with Crippen LogP contribution in [-0.4, -0.2) is 96.0 Å². The van der Waals surface area contributed by atoms with E-state index in [-0.39, 0.29) is 19.4 Å². The van der Waals surface area contributed by atoms with Crippen molar-refractivity contribution in [3.8, 4) is 0 Å². The minimum Gasteiger partial charge on any atom is -0.462 e. The van der Waals surface area contributed by atoms with E-state index >= 15 is 0 Å². The number of carbonyl (C=O) groups excluding carboxylic acids is 2. The van der Waals surface area contributed by atoms with Crippen molar-refractivity contribution in [1.29, 1.82) is 0 Å². The molecule has 0 aromatic carbocycles. The fraction of sp³-hybridized carbons (Fsp3) is 0.750. The lowest BCUT2D eigenvalue weighted by atomic mass is 10.00. The van der Waals surface area contributed by atoms with Crippen LogP contribution in [0.2, 0.25) is 0 Å². The molecule has 6 atom stereocenters. The van der Waals surface area contributed by atoms with Crippen LogP contribution in [0.4, 0.5) is 0 Å². The van der Waals surface area contributed by atoms with Gasteiger partial charge in [0.2, 0.25) is 0 Å². The number of hydrogen-bond donors (Lipinski definition) is 4. The van der Waals surface area contributed by atoms with Gasteiger partial charge in [0.05, 0.1) is 6.61 Å². The maximum absolute atomic E-state index is 12.7. The van der Waals surface area contributed by atoms with Crippen LogP contribution in [0.25, 0.3) is 0 Å². The summed E-state index contributed by atoms with van der Waals surface area (Å²) in [4.78, 5) is 25.2. The predicted molar refractivity (Wildman–Crippen MR) is 206 cm³/mol. The van der Waals surface area contributed by atoms with Gasteiger partial charge in [0.15, 0.2) is 12.4 Å². The summed E-state index contributed by atoms with van der Waals surface area (Å²) in [6.07, 6.45) is 24.6. The van der Waals surface area contributed by atoms with Crippen molar-refractivity contribution >= 4 is 22.1 Å². The summed E-state index contributed by atoms with van der Waals surface area (Å²) in [6, 6.07) is 0. The van der Waals surface area contributed by atoms with Crippen molar-refractivity contribution in [2.24, 2.45) is 0 Å². The number of aliphatic hydroxyl groups excluding tert-OH is 3. The monoisotopic (exact) mass is 772 g/mol. The molecule has 1 aliphatic rings. The Kier molecular flexibility index (Phi) is 28.3. The number of esters is 2. The van der Waals surface area contributed by atoms with E-state index in [4.69, 9.17) is 18.9 Å². The largest absolute Gasteiger partial charge is 0.462 e. The van der Waals surface area contributed by atoms with Crippen molar-refractivity contribution in [2.75, 3.05) is 19.0 Å². The van der Waals surface area contributed by atoms with Crippen LogP contribution in [0, 0.1) is 0 Å². The van der Waals surface area contributed by atoms with E-state index in [0.29, 0.717) is 12.8 Å². The van der Waals surface area contributed by atoms with Crippen molar-refractivity contribution in [2.45, 2.75) is 173 Å². The van der Waals surface area contributed by atoms with Gasteiger partial charge >= 0.3 is 11.9 Å². The lowest BCUT2D eigenvalue weighted by molar-refractivity contribution is -0.297. The Balaban J connectivity index is 2.55. The quantitative estimate of drug-likeness (QED) is 0.0250. The van der Waals surface area contributed by atoms with E-state index in [0.717, 1.165) is 44.9 Å². The highest BCUT2D eigenvalue weighted by molar-refractivity contribution is 7.85. The zero-order valence-electron chi connectivity index (χ0n) is 32.1. The molecule has 0 amide bonds. The van der Waals surface area contributed by atoms with Gasteiger partial charge in [0.1, 0.15) is 36.8 Å². The molecule has 1 rings (SSSR count). The highest BCUT2D eigenvalue weighted by atomic mass is 32.2. The highest BCUT2D eigenvalue weighted by Crippen LogP contribution is 2.24. The van der Waals surface area contributed by atoms with E-state index in [9.17, 15) is 37.9 Å². The van der Waals surface area contributed by atoms with Gasteiger partial charge in [0, 0.05) is 12.8 Å². The summed E-state index contributed by atoms with van der Waals surface area (Å²) in [6.45, 7) is 3.55. The van der Waals surface area contributed by atoms with Gasteiger partial charge < -0.3 is 34.3 Å². The second-order valence-electron chi connectivity index (χ2n) is 13.7. The van der Waals surface area contributed by atoms with Gasteiger partial charge in [-0.15, -0.1) is 0 Å². The number of allylic oxidation sites excluding steroid dienone is 8. The smallest absolute Gasteiger partial charge is 0.306 e. The molecule has 12 nitrogen and oxygen atoms in total. The molecule has 1 fully saturated rings. The number of aliphatic hydroxyl groups is 3. The van der Waals surface area contributed by atoms with Crippen LogP contribution in [0.5, 0.6) is 0 Å². The zero-order chi connectivity index (χ0) is 39.2. The van der Waals surface area contributed by atoms with Crippen molar-refractivity contribution < 1.29 is 56.8 Å². The molecule has 306 valence electrons. The number of unbranched alkanes of at least 4 members (excludes halogenated alkanes) is 14. The molecule has 1 saturated heterocycles. The molecule has 0 saturated carbocycles. The molecule has 53 heavy (non-hydrogen) atoms. The summed E-state index contributed by atoms with van der Waals surface area (Å²) >= 11 is 0. The van der Waals surface area contributed by atoms with Gasteiger partial charge in [0.25, 0.3) is 10.1 Å². The molecule has 1 aliphatic heterocycles. The lowest BCUT2D eigenvalue weighted by Gasteiger charge is -2.40. The number of ether oxygens (including phenoxy) is 4. The number of carbonyl (C=O) groups is 2. The van der Waals surface area contributed by atoms with Crippen LogP contribution in [0.1, 0.15) is 136 Å². The average molecular weight is 773 g/mol. The molecule has 0 spiro atoms. The molecule has 13 heteroatoms. The third-order valence-electron chi connectivity index (χ3n) is 8.77. The van der Waals surface area contributed by atoms with Crippen LogP contribution in [0.3, 0.4) is 0 Å². The van der Waals surface area contributed by atoms with Crippen LogP contribution in [-0.2, 0) is 38.7 Å². The lowest BCUT2D eigenvalue weighted by Crippen LogP contribution is -2.60. The Morgan fingerprint density at radius 2 is 1.19 bits per heavy atom. The molecule has 0 aliphatic carbocycles. The van der Waals surface area contributed by atoms with Crippen molar-refractivity contribution in [1.82, 2.24) is 0 Å². The molecule has 0 aromatic rings. The second-order valence-corrected chi connectivity index (χ2v) is 15.2. The first-order valence-corrected chi connectivity index (χ1v) is 21.4. The topological polar surface area (TPSA) is 186 Å². The second kappa shape index (κ2) is 30.9. The first-order chi connectivity index (χ1) is 25.5. The number of rotatable bonds is 31. The van der Waals surface area contributed by atoms with E-state index < -0.39 is 71.2 Å². The molecule has 1 heterocycles. The Hall–Kier alpha value is -2.39. The number of hydrogen-bond acceptors (Lipinski definition) is 11. The summed E-state index contributed by atoms with van der Waals surface area (Å²) < 4.78 is 53.8. The van der Waals surface area contributed by atoms with Crippen LogP contribution in [0.15, 0.2) is 48.6 Å². The van der Waals surface area contributed by atoms with Crippen LogP contribution < -0.4 is 0 Å². The molecule has 0 radical (unpaired) electrons. The van der Waals surface area contributed by atoms with Crippen LogP contribution >= 0.6 is 0 Å². The van der Waals surface area contributed by atoms with Crippen molar-refractivity contribution in [3.63, 3.8) is 0 Å². The first kappa shape index (κ1) is 48.6. The molecular formula is C40H68O12S.